The average Bonchev–Trinajstić information content (AvgIpc) is 3.43. The van der Waals surface area contributed by atoms with Crippen molar-refractivity contribution < 1.29 is 19.7 Å². The van der Waals surface area contributed by atoms with Crippen molar-refractivity contribution >= 4 is 34.6 Å². The molecule has 154 valence electrons. The number of hydrogen-bond acceptors (Lipinski definition) is 14. The number of H-pyrrole nitrogens is 4. The van der Waals surface area contributed by atoms with Crippen LogP contribution < -0.4 is 0 Å². The molecule has 0 aliphatic carbocycles. The quantitative estimate of drug-likeness (QED) is 0.232. The molecule has 0 aliphatic heterocycles. The molecule has 0 spiro atoms. The second kappa shape index (κ2) is 7.29. The van der Waals surface area contributed by atoms with E-state index in [9.17, 15) is 40.5 Å². The van der Waals surface area contributed by atoms with Gasteiger partial charge < -0.3 is 40.5 Å². The fourth-order valence-corrected chi connectivity index (χ4v) is 1.89. The molecule has 0 aliphatic rings. The van der Waals surface area contributed by atoms with Crippen molar-refractivity contribution in [2.24, 2.45) is 0 Å². The smallest absolute Gasteiger partial charge is 0.390 e. The third-order valence-electron chi connectivity index (χ3n) is 3.08. The third-order valence-corrected chi connectivity index (χ3v) is 3.08. The van der Waals surface area contributed by atoms with E-state index in [2.05, 4.69) is 40.6 Å². The van der Waals surface area contributed by atoms with Crippen LogP contribution in [0.2, 0.25) is 0 Å². The molecule has 22 heteroatoms. The predicted octanol–water partition coefficient (Wildman–Crippen LogP) is -0.491. The van der Waals surface area contributed by atoms with Gasteiger partial charge in [-0.25, -0.2) is 0 Å². The van der Waals surface area contributed by atoms with E-state index in [1.807, 2.05) is 10.2 Å². The Morgan fingerprint density at radius 2 is 1.13 bits per heavy atom. The number of nitro groups is 4. The van der Waals surface area contributed by atoms with Gasteiger partial charge in [-0.05, 0) is 29.7 Å². The van der Waals surface area contributed by atoms with Crippen molar-refractivity contribution in [3.8, 4) is 11.6 Å². The van der Waals surface area contributed by atoms with E-state index in [1.165, 1.54) is 0 Å². The van der Waals surface area contributed by atoms with E-state index in [0.29, 0.717) is 0 Å². The number of aromatic amines is 4. The lowest BCUT2D eigenvalue weighted by Gasteiger charge is -1.84. The predicted molar refractivity (Wildman–Crippen MR) is 86.6 cm³/mol. The van der Waals surface area contributed by atoms with Crippen molar-refractivity contribution in [3.63, 3.8) is 0 Å². The van der Waals surface area contributed by atoms with Gasteiger partial charge in [0.05, 0.1) is 5.10 Å². The van der Waals surface area contributed by atoms with Gasteiger partial charge in [0.25, 0.3) is 0 Å². The Balaban J connectivity index is 0.000000172. The Bertz CT molecular complexity index is 1180. The van der Waals surface area contributed by atoms with Crippen LogP contribution in [0, 0.1) is 40.5 Å². The normalized spacial score (nSPS) is 10.4. The molecule has 4 rings (SSSR count). The number of rotatable bonds is 5. The first-order valence-corrected chi connectivity index (χ1v) is 7.04. The van der Waals surface area contributed by atoms with Crippen LogP contribution in [0.4, 0.5) is 23.5 Å². The fraction of sp³-hybridized carbons (Fsp3) is 0. The maximum Gasteiger partial charge on any atom is 0.453 e. The second-order valence-corrected chi connectivity index (χ2v) is 4.84. The molecule has 0 aromatic carbocycles. The van der Waals surface area contributed by atoms with Crippen molar-refractivity contribution in [2.75, 3.05) is 0 Å². The lowest BCUT2D eigenvalue weighted by molar-refractivity contribution is -0.394. The molecule has 22 nitrogen and oxygen atoms in total. The molecule has 0 saturated carbocycles. The van der Waals surface area contributed by atoms with Crippen LogP contribution in [0.1, 0.15) is 0 Å². The van der Waals surface area contributed by atoms with Crippen LogP contribution in [0.3, 0.4) is 0 Å². The zero-order chi connectivity index (χ0) is 22.0. The monoisotopic (exact) mass is 424 g/mol. The number of hydrogen-bond donors (Lipinski definition) is 4. The second-order valence-electron chi connectivity index (χ2n) is 4.84. The summed E-state index contributed by atoms with van der Waals surface area (Å²) in [6, 6.07) is 0. The molecule has 0 saturated heterocycles. The van der Waals surface area contributed by atoms with Gasteiger partial charge in [-0.2, -0.15) is 5.10 Å². The fourth-order valence-electron chi connectivity index (χ4n) is 1.89. The molecule has 0 unspecified atom stereocenters. The molecule has 0 radical (unpaired) electrons. The minimum Gasteiger partial charge on any atom is -0.390 e. The minimum absolute atomic E-state index is 0.0818. The Morgan fingerprint density at radius 3 is 1.53 bits per heavy atom. The Kier molecular flexibility index (Phi) is 4.70. The summed E-state index contributed by atoms with van der Waals surface area (Å²) in [6.45, 7) is 0. The highest BCUT2D eigenvalue weighted by Crippen LogP contribution is 2.26. The van der Waals surface area contributed by atoms with Gasteiger partial charge in [-0.3, -0.25) is 0 Å². The SMILES string of the molecule is O=[N+]([O-])c1n[nH]c2c([N+](=O)[O-])[nH]nc12.O=[N+]([O-])c1nc(-c2n[nH]c([N+](=O)[O-])n2)n[nH]1. The van der Waals surface area contributed by atoms with E-state index in [-0.39, 0.29) is 22.7 Å². The van der Waals surface area contributed by atoms with E-state index < -0.39 is 43.2 Å². The molecule has 0 bridgehead atoms. The van der Waals surface area contributed by atoms with Crippen LogP contribution >= 0.6 is 0 Å². The van der Waals surface area contributed by atoms with Gasteiger partial charge >= 0.3 is 35.2 Å². The van der Waals surface area contributed by atoms with E-state index in [4.69, 9.17) is 0 Å². The standard InChI is InChI=1S/C4H2N8O4.C4H2N6O4/c13-11(14)3-5-1(7-9-3)2-6-4(10-8-2)12(15)16;11-9(12)3-1-2(6-7-3)4(8-5-1)10(13)14/h(H,5,7,9)(H,6,8,10);(H,5,8)(H,6,7). The Labute approximate surface area is 158 Å². The summed E-state index contributed by atoms with van der Waals surface area (Å²) in [5, 5.41) is 63.1. The summed E-state index contributed by atoms with van der Waals surface area (Å²) in [6.07, 6.45) is 0. The van der Waals surface area contributed by atoms with Crippen LogP contribution in [-0.2, 0) is 0 Å². The molecule has 0 amide bonds. The Hall–Kier alpha value is -5.44. The summed E-state index contributed by atoms with van der Waals surface area (Å²) in [5.41, 5.74) is -0.233. The summed E-state index contributed by atoms with van der Waals surface area (Å²) < 4.78 is 0. The minimum atomic E-state index is -0.794. The molecule has 4 N–H and O–H groups in total. The van der Waals surface area contributed by atoms with Gasteiger partial charge in [0.2, 0.25) is 11.0 Å². The maximum absolute atomic E-state index is 10.4. The zero-order valence-electron chi connectivity index (χ0n) is 13.7. The maximum atomic E-state index is 10.4. The molecule has 4 aromatic rings. The number of fused-ring (bicyclic) bond motifs is 1. The van der Waals surface area contributed by atoms with Crippen molar-refractivity contribution in [1.29, 1.82) is 0 Å². The van der Waals surface area contributed by atoms with Gasteiger partial charge in [-0.15, -0.1) is 15.3 Å². The van der Waals surface area contributed by atoms with Crippen molar-refractivity contribution in [2.45, 2.75) is 0 Å². The summed E-state index contributed by atoms with van der Waals surface area (Å²) in [7, 11) is 0. The molecular weight excluding hydrogens is 420 g/mol. The van der Waals surface area contributed by atoms with Gasteiger partial charge in [0, 0.05) is 0 Å². The highest BCUT2D eigenvalue weighted by Gasteiger charge is 2.28. The first-order valence-electron chi connectivity index (χ1n) is 7.04. The van der Waals surface area contributed by atoms with E-state index >= 15 is 0 Å². The topological polar surface area (TPSA) is 313 Å². The summed E-state index contributed by atoms with van der Waals surface area (Å²) in [5.74, 6) is -2.57. The first-order chi connectivity index (χ1) is 14.2. The highest BCUT2D eigenvalue weighted by atomic mass is 16.6. The van der Waals surface area contributed by atoms with Crippen LogP contribution in [-0.4, -0.2) is 70.5 Å². The van der Waals surface area contributed by atoms with Gasteiger partial charge in [0.1, 0.15) is 0 Å². The average molecular weight is 424 g/mol. The largest absolute Gasteiger partial charge is 0.453 e. The number of nitrogens with zero attached hydrogens (tertiary/aromatic N) is 10. The number of aromatic nitrogens is 10. The highest BCUT2D eigenvalue weighted by molar-refractivity contribution is 5.88. The van der Waals surface area contributed by atoms with Crippen molar-refractivity contribution in [3.05, 3.63) is 40.5 Å². The van der Waals surface area contributed by atoms with E-state index in [0.717, 1.165) is 0 Å². The zero-order valence-corrected chi connectivity index (χ0v) is 13.7. The van der Waals surface area contributed by atoms with Gasteiger partial charge in [-0.1, -0.05) is 15.3 Å². The molecular formula is C8H4N14O8. The molecule has 0 fully saturated rings. The van der Waals surface area contributed by atoms with Crippen LogP contribution in [0.15, 0.2) is 0 Å². The molecule has 4 aromatic heterocycles. The van der Waals surface area contributed by atoms with Crippen LogP contribution in [0.5, 0.6) is 0 Å². The molecule has 30 heavy (non-hydrogen) atoms. The van der Waals surface area contributed by atoms with E-state index in [1.54, 1.807) is 0 Å². The summed E-state index contributed by atoms with van der Waals surface area (Å²) >= 11 is 0. The molecule has 0 atom stereocenters. The lowest BCUT2D eigenvalue weighted by atomic mass is 10.4. The third kappa shape index (κ3) is 3.52. The van der Waals surface area contributed by atoms with Gasteiger partial charge in [0.15, 0.2) is 0 Å². The first kappa shape index (κ1) is 19.3. The van der Waals surface area contributed by atoms with Crippen molar-refractivity contribution in [1.82, 2.24) is 50.8 Å². The number of nitrogens with one attached hydrogen (secondary N) is 4. The van der Waals surface area contributed by atoms with Crippen LogP contribution in [0.25, 0.3) is 22.7 Å². The lowest BCUT2D eigenvalue weighted by Crippen LogP contribution is -1.90. The summed E-state index contributed by atoms with van der Waals surface area (Å²) in [4.78, 5) is 45.0. The Morgan fingerprint density at radius 1 is 0.600 bits per heavy atom. The molecule has 4 heterocycles.